The number of unbranched alkanes of at least 4 members (excludes halogenated alkanes) is 1. The first kappa shape index (κ1) is 14.6. The van der Waals surface area contributed by atoms with Crippen molar-refractivity contribution in [3.05, 3.63) is 0 Å². The molecule has 2 rings (SSSR count). The van der Waals surface area contributed by atoms with Gasteiger partial charge in [-0.3, -0.25) is 4.79 Å². The largest absolute Gasteiger partial charge is 0.360 e. The van der Waals surface area contributed by atoms with Gasteiger partial charge in [0.05, 0.1) is 5.75 Å². The van der Waals surface area contributed by atoms with Crippen molar-refractivity contribution in [1.82, 2.24) is 15.1 Å². The van der Waals surface area contributed by atoms with E-state index in [2.05, 4.69) is 22.4 Å². The van der Waals surface area contributed by atoms with Crippen LogP contribution in [0.15, 0.2) is 4.34 Å². The van der Waals surface area contributed by atoms with Crippen molar-refractivity contribution in [1.29, 1.82) is 0 Å². The highest BCUT2D eigenvalue weighted by Crippen LogP contribution is 2.26. The third-order valence-electron chi connectivity index (χ3n) is 2.99. The summed E-state index contributed by atoms with van der Waals surface area (Å²) in [6, 6.07) is 0. The van der Waals surface area contributed by atoms with Crippen molar-refractivity contribution >= 4 is 34.1 Å². The molecule has 7 heteroatoms. The summed E-state index contributed by atoms with van der Waals surface area (Å²) in [5, 5.41) is 12.3. The molecule has 0 bridgehead atoms. The highest BCUT2D eigenvalue weighted by Gasteiger charge is 2.18. The van der Waals surface area contributed by atoms with Crippen LogP contribution in [0, 0.1) is 0 Å². The predicted octanol–water partition coefficient (Wildman–Crippen LogP) is 2.46. The van der Waals surface area contributed by atoms with Crippen LogP contribution in [0.3, 0.4) is 0 Å². The molecule has 0 aromatic carbocycles. The molecule has 19 heavy (non-hydrogen) atoms. The Balaban J connectivity index is 1.71. The van der Waals surface area contributed by atoms with Crippen LogP contribution in [-0.2, 0) is 4.79 Å². The van der Waals surface area contributed by atoms with Crippen LogP contribution in [-0.4, -0.2) is 46.4 Å². The van der Waals surface area contributed by atoms with E-state index in [1.807, 2.05) is 4.90 Å². The number of thioether (sulfide) groups is 1. The van der Waals surface area contributed by atoms with Crippen LogP contribution in [0.1, 0.15) is 32.6 Å². The Bertz CT molecular complexity index is 404. The smallest absolute Gasteiger partial charge is 0.233 e. The molecule has 1 aliphatic rings. The second kappa shape index (κ2) is 7.69. The summed E-state index contributed by atoms with van der Waals surface area (Å²) < 4.78 is 0.867. The van der Waals surface area contributed by atoms with Gasteiger partial charge in [0.2, 0.25) is 11.0 Å². The van der Waals surface area contributed by atoms with Crippen molar-refractivity contribution in [2.75, 3.05) is 30.7 Å². The molecule has 1 fully saturated rings. The number of amides is 1. The van der Waals surface area contributed by atoms with Crippen molar-refractivity contribution in [2.24, 2.45) is 0 Å². The van der Waals surface area contributed by atoms with Gasteiger partial charge in [-0.1, -0.05) is 36.4 Å². The minimum absolute atomic E-state index is 0.221. The molecule has 1 aliphatic heterocycles. The maximum absolute atomic E-state index is 11.9. The molecule has 1 aromatic heterocycles. The van der Waals surface area contributed by atoms with Crippen LogP contribution in [0.2, 0.25) is 0 Å². The number of carbonyl (C=O) groups is 1. The number of hydrogen-bond acceptors (Lipinski definition) is 6. The molecule has 2 heterocycles. The lowest BCUT2D eigenvalue weighted by Crippen LogP contribution is -2.29. The molecular formula is C12H20N4OS2. The Morgan fingerprint density at radius 3 is 2.95 bits per heavy atom. The van der Waals surface area contributed by atoms with E-state index in [1.54, 1.807) is 0 Å². The fourth-order valence-electron chi connectivity index (χ4n) is 1.89. The number of nitrogens with one attached hydrogen (secondary N) is 1. The molecule has 0 atom stereocenters. The number of likely N-dealkylation sites (tertiary alicyclic amines) is 1. The zero-order valence-electron chi connectivity index (χ0n) is 11.2. The van der Waals surface area contributed by atoms with E-state index in [-0.39, 0.29) is 5.91 Å². The Labute approximate surface area is 122 Å². The second-order valence-electron chi connectivity index (χ2n) is 4.53. The third kappa shape index (κ3) is 4.65. The molecule has 5 nitrogen and oxygen atoms in total. The fraction of sp³-hybridized carbons (Fsp3) is 0.750. The first-order valence-electron chi connectivity index (χ1n) is 6.77. The average Bonchev–Trinajstić information content (AvgIpc) is 3.08. The van der Waals surface area contributed by atoms with Gasteiger partial charge in [-0.05, 0) is 19.3 Å². The van der Waals surface area contributed by atoms with Crippen molar-refractivity contribution < 1.29 is 4.79 Å². The highest BCUT2D eigenvalue weighted by molar-refractivity contribution is 8.01. The van der Waals surface area contributed by atoms with Gasteiger partial charge < -0.3 is 10.2 Å². The van der Waals surface area contributed by atoms with Crippen molar-refractivity contribution in [3.63, 3.8) is 0 Å². The lowest BCUT2D eigenvalue weighted by Gasteiger charge is -2.13. The molecule has 1 saturated heterocycles. The van der Waals surface area contributed by atoms with Crippen LogP contribution in [0.5, 0.6) is 0 Å². The van der Waals surface area contributed by atoms with Gasteiger partial charge in [-0.2, -0.15) is 0 Å². The van der Waals surface area contributed by atoms with Gasteiger partial charge in [-0.25, -0.2) is 0 Å². The van der Waals surface area contributed by atoms with E-state index in [4.69, 9.17) is 0 Å². The van der Waals surface area contributed by atoms with Crippen LogP contribution in [0.4, 0.5) is 5.13 Å². The van der Waals surface area contributed by atoms with Crippen LogP contribution in [0.25, 0.3) is 0 Å². The summed E-state index contributed by atoms with van der Waals surface area (Å²) in [7, 11) is 0. The van der Waals surface area contributed by atoms with E-state index in [0.29, 0.717) is 5.75 Å². The number of aromatic nitrogens is 2. The van der Waals surface area contributed by atoms with Gasteiger partial charge in [0.15, 0.2) is 4.34 Å². The Hall–Kier alpha value is -0.820. The second-order valence-corrected chi connectivity index (χ2v) is 6.73. The standard InChI is InChI=1S/C12H20N4OS2/c1-2-3-6-13-11-14-15-12(19-11)18-9-10(17)16-7-4-5-8-16/h2-9H2,1H3,(H,13,14). The first-order valence-corrected chi connectivity index (χ1v) is 8.57. The minimum atomic E-state index is 0.221. The SMILES string of the molecule is CCCCNc1nnc(SCC(=O)N2CCCC2)s1. The molecular weight excluding hydrogens is 280 g/mol. The zero-order chi connectivity index (χ0) is 13.5. The number of rotatable bonds is 7. The summed E-state index contributed by atoms with van der Waals surface area (Å²) >= 11 is 3.02. The third-order valence-corrected chi connectivity index (χ3v) is 4.99. The van der Waals surface area contributed by atoms with E-state index in [9.17, 15) is 4.79 Å². The summed E-state index contributed by atoms with van der Waals surface area (Å²) in [6.07, 6.45) is 4.58. The Morgan fingerprint density at radius 1 is 1.42 bits per heavy atom. The maximum Gasteiger partial charge on any atom is 0.233 e. The van der Waals surface area contributed by atoms with Crippen LogP contribution < -0.4 is 5.32 Å². The summed E-state index contributed by atoms with van der Waals surface area (Å²) in [5.41, 5.74) is 0. The van der Waals surface area contributed by atoms with Gasteiger partial charge in [-0.15, -0.1) is 10.2 Å². The maximum atomic E-state index is 11.9. The van der Waals surface area contributed by atoms with Gasteiger partial charge >= 0.3 is 0 Å². The van der Waals surface area contributed by atoms with E-state index >= 15 is 0 Å². The van der Waals surface area contributed by atoms with Crippen molar-refractivity contribution in [3.8, 4) is 0 Å². The zero-order valence-corrected chi connectivity index (χ0v) is 12.9. The molecule has 0 spiro atoms. The minimum Gasteiger partial charge on any atom is -0.360 e. The summed E-state index contributed by atoms with van der Waals surface area (Å²) in [4.78, 5) is 13.8. The first-order chi connectivity index (χ1) is 9.29. The monoisotopic (exact) mass is 300 g/mol. The predicted molar refractivity (Wildman–Crippen MR) is 79.8 cm³/mol. The van der Waals surface area contributed by atoms with Crippen LogP contribution >= 0.6 is 23.1 Å². The number of carbonyl (C=O) groups excluding carboxylic acids is 1. The van der Waals surface area contributed by atoms with E-state index in [1.165, 1.54) is 23.1 Å². The van der Waals surface area contributed by atoms with Gasteiger partial charge in [0.1, 0.15) is 0 Å². The average molecular weight is 300 g/mol. The summed E-state index contributed by atoms with van der Waals surface area (Å²) in [5.74, 6) is 0.696. The molecule has 0 unspecified atom stereocenters. The molecule has 1 aromatic rings. The molecule has 106 valence electrons. The molecule has 1 amide bonds. The van der Waals surface area contributed by atoms with Gasteiger partial charge in [0, 0.05) is 19.6 Å². The number of hydrogen-bond donors (Lipinski definition) is 1. The summed E-state index contributed by atoms with van der Waals surface area (Å²) in [6.45, 7) is 4.92. The molecule has 0 saturated carbocycles. The lowest BCUT2D eigenvalue weighted by atomic mass is 10.3. The molecule has 0 aliphatic carbocycles. The van der Waals surface area contributed by atoms with E-state index < -0.39 is 0 Å². The fourth-order valence-corrected chi connectivity index (χ4v) is 3.57. The normalized spacial score (nSPS) is 14.9. The van der Waals surface area contributed by atoms with Crippen molar-refractivity contribution in [2.45, 2.75) is 36.9 Å². The van der Waals surface area contributed by atoms with E-state index in [0.717, 1.165) is 54.8 Å². The topological polar surface area (TPSA) is 58.1 Å². The molecule has 0 radical (unpaired) electrons. The Morgan fingerprint density at radius 2 is 2.21 bits per heavy atom. The lowest BCUT2D eigenvalue weighted by molar-refractivity contribution is -0.127. The quantitative estimate of drug-likeness (QED) is 0.619. The highest BCUT2D eigenvalue weighted by atomic mass is 32.2. The number of anilines is 1. The Kier molecular flexibility index (Phi) is 5.91. The van der Waals surface area contributed by atoms with Gasteiger partial charge in [0.25, 0.3) is 0 Å². The molecule has 1 N–H and O–H groups in total. The number of nitrogens with zero attached hydrogens (tertiary/aromatic N) is 3.